The van der Waals surface area contributed by atoms with E-state index in [1.54, 1.807) is 0 Å². The fourth-order valence-electron chi connectivity index (χ4n) is 1.13. The van der Waals surface area contributed by atoms with E-state index in [0.29, 0.717) is 0 Å². The Morgan fingerprint density at radius 2 is 2.06 bits per heavy atom. The van der Waals surface area contributed by atoms with Gasteiger partial charge in [-0.2, -0.15) is 0 Å². The second-order valence-electron chi connectivity index (χ2n) is 3.13. The van der Waals surface area contributed by atoms with Crippen molar-refractivity contribution < 1.29 is 18.7 Å². The van der Waals surface area contributed by atoms with Crippen LogP contribution in [-0.2, 0) is 9.53 Å². The van der Waals surface area contributed by atoms with Crippen LogP contribution in [-0.4, -0.2) is 18.9 Å². The van der Waals surface area contributed by atoms with E-state index in [-0.39, 0.29) is 29.2 Å². The van der Waals surface area contributed by atoms with Gasteiger partial charge < -0.3 is 4.74 Å². The quantitative estimate of drug-likeness (QED) is 0.604. The van der Waals surface area contributed by atoms with Crippen molar-refractivity contribution in [2.45, 2.75) is 12.8 Å². The van der Waals surface area contributed by atoms with Crippen molar-refractivity contribution in [3.63, 3.8) is 0 Å². The minimum absolute atomic E-state index is 0.00429. The molecular weight excluding hydrogens is 235 g/mol. The Kier molecular flexibility index (Phi) is 4.43. The third-order valence-electron chi connectivity index (χ3n) is 2.03. The molecule has 0 aliphatic carbocycles. The lowest BCUT2D eigenvalue weighted by Crippen LogP contribution is -2.06. The molecule has 0 radical (unpaired) electrons. The smallest absolute Gasteiger partial charge is 0.305 e. The zero-order valence-corrected chi connectivity index (χ0v) is 9.38. The van der Waals surface area contributed by atoms with E-state index in [1.807, 2.05) is 0 Å². The van der Waals surface area contributed by atoms with Crippen LogP contribution in [0, 0.1) is 5.82 Å². The van der Waals surface area contributed by atoms with E-state index in [4.69, 9.17) is 11.6 Å². The van der Waals surface area contributed by atoms with Crippen molar-refractivity contribution >= 4 is 23.4 Å². The first-order chi connectivity index (χ1) is 7.54. The van der Waals surface area contributed by atoms with Crippen molar-refractivity contribution in [2.24, 2.45) is 0 Å². The highest BCUT2D eigenvalue weighted by Gasteiger charge is 2.11. The molecule has 0 unspecified atom stereocenters. The van der Waals surface area contributed by atoms with Gasteiger partial charge in [-0.3, -0.25) is 9.59 Å². The molecule has 0 saturated heterocycles. The van der Waals surface area contributed by atoms with Crippen molar-refractivity contribution in [2.75, 3.05) is 7.11 Å². The number of halogens is 2. The molecule has 1 rings (SSSR count). The molecule has 86 valence electrons. The predicted molar refractivity (Wildman–Crippen MR) is 57.0 cm³/mol. The Morgan fingerprint density at radius 3 is 2.62 bits per heavy atom. The fraction of sp³-hybridized carbons (Fsp3) is 0.273. The molecule has 0 atom stereocenters. The number of ether oxygens (including phenoxy) is 1. The number of Topliss-reactive ketones (excluding diaryl/α,β-unsaturated/α-hetero) is 1. The van der Waals surface area contributed by atoms with Crippen LogP contribution < -0.4 is 0 Å². The lowest BCUT2D eigenvalue weighted by Gasteiger charge is -2.01. The molecule has 0 heterocycles. The van der Waals surface area contributed by atoms with Crippen LogP contribution in [0.5, 0.6) is 0 Å². The number of ketones is 1. The van der Waals surface area contributed by atoms with Gasteiger partial charge in [-0.15, -0.1) is 0 Å². The van der Waals surface area contributed by atoms with Crippen LogP contribution in [0.25, 0.3) is 0 Å². The van der Waals surface area contributed by atoms with E-state index in [1.165, 1.54) is 19.2 Å². The Morgan fingerprint density at radius 1 is 1.38 bits per heavy atom. The summed E-state index contributed by atoms with van der Waals surface area (Å²) in [5.74, 6) is -1.31. The minimum Gasteiger partial charge on any atom is -0.469 e. The van der Waals surface area contributed by atoms with E-state index < -0.39 is 11.8 Å². The molecule has 0 amide bonds. The Balaban J connectivity index is 2.66. The molecule has 0 aliphatic rings. The Labute approximate surface area is 97.2 Å². The number of benzene rings is 1. The predicted octanol–water partition coefficient (Wildman–Crippen LogP) is 2.62. The maximum Gasteiger partial charge on any atom is 0.305 e. The van der Waals surface area contributed by atoms with Crippen LogP contribution in [0.15, 0.2) is 18.2 Å². The first kappa shape index (κ1) is 12.6. The first-order valence-electron chi connectivity index (χ1n) is 4.59. The molecule has 16 heavy (non-hydrogen) atoms. The number of rotatable bonds is 4. The van der Waals surface area contributed by atoms with Crippen molar-refractivity contribution in [3.05, 3.63) is 34.6 Å². The highest BCUT2D eigenvalue weighted by atomic mass is 35.5. The Bertz CT molecular complexity index is 418. The normalized spacial score (nSPS) is 9.94. The summed E-state index contributed by atoms with van der Waals surface area (Å²) in [4.78, 5) is 22.3. The Hall–Kier alpha value is -1.42. The van der Waals surface area contributed by atoms with Crippen LogP contribution in [0.1, 0.15) is 23.2 Å². The lowest BCUT2D eigenvalue weighted by molar-refractivity contribution is -0.140. The monoisotopic (exact) mass is 244 g/mol. The van der Waals surface area contributed by atoms with Gasteiger partial charge in [0.25, 0.3) is 0 Å². The molecule has 0 spiro atoms. The van der Waals surface area contributed by atoms with Gasteiger partial charge in [0.05, 0.1) is 18.6 Å². The summed E-state index contributed by atoms with van der Waals surface area (Å²) in [6, 6.07) is 3.70. The summed E-state index contributed by atoms with van der Waals surface area (Å²) >= 11 is 5.53. The lowest BCUT2D eigenvalue weighted by atomic mass is 10.1. The second kappa shape index (κ2) is 5.61. The number of carbonyl (C=O) groups excluding carboxylic acids is 2. The third kappa shape index (κ3) is 3.31. The van der Waals surface area contributed by atoms with Gasteiger partial charge in [-0.05, 0) is 18.2 Å². The topological polar surface area (TPSA) is 43.4 Å². The third-order valence-corrected chi connectivity index (χ3v) is 2.32. The largest absolute Gasteiger partial charge is 0.469 e. The van der Waals surface area contributed by atoms with Gasteiger partial charge in [-0.25, -0.2) is 4.39 Å². The van der Waals surface area contributed by atoms with E-state index in [2.05, 4.69) is 4.74 Å². The SMILES string of the molecule is COC(=O)CCC(=O)c1ccc(F)c(Cl)c1. The number of esters is 1. The molecule has 0 bridgehead atoms. The zero-order chi connectivity index (χ0) is 12.1. The van der Waals surface area contributed by atoms with Gasteiger partial charge in [0, 0.05) is 12.0 Å². The molecule has 0 aromatic heterocycles. The number of methoxy groups -OCH3 is 1. The molecule has 0 N–H and O–H groups in total. The average Bonchev–Trinajstić information content (AvgIpc) is 2.29. The maximum absolute atomic E-state index is 12.8. The fourth-order valence-corrected chi connectivity index (χ4v) is 1.31. The molecular formula is C11H10ClFO3. The summed E-state index contributed by atoms with van der Waals surface area (Å²) in [7, 11) is 1.25. The highest BCUT2D eigenvalue weighted by Crippen LogP contribution is 2.17. The number of hydrogen-bond acceptors (Lipinski definition) is 3. The van der Waals surface area contributed by atoms with Crippen molar-refractivity contribution in [1.82, 2.24) is 0 Å². The first-order valence-corrected chi connectivity index (χ1v) is 4.97. The van der Waals surface area contributed by atoms with Gasteiger partial charge in [-0.1, -0.05) is 11.6 Å². The molecule has 1 aromatic carbocycles. The number of carbonyl (C=O) groups is 2. The van der Waals surface area contributed by atoms with Crippen molar-refractivity contribution in [1.29, 1.82) is 0 Å². The van der Waals surface area contributed by atoms with E-state index in [0.717, 1.165) is 6.07 Å². The standard InChI is InChI=1S/C11H10ClFO3/c1-16-11(15)5-4-10(14)7-2-3-9(13)8(12)6-7/h2-3,6H,4-5H2,1H3. The summed E-state index contributed by atoms with van der Waals surface area (Å²) in [5, 5.41) is -0.107. The van der Waals surface area contributed by atoms with Crippen molar-refractivity contribution in [3.8, 4) is 0 Å². The summed E-state index contributed by atoms with van der Waals surface area (Å²) in [6.07, 6.45) is 0.0267. The maximum atomic E-state index is 12.8. The summed E-state index contributed by atoms with van der Waals surface area (Å²) in [5.41, 5.74) is 0.287. The second-order valence-corrected chi connectivity index (χ2v) is 3.54. The highest BCUT2D eigenvalue weighted by molar-refractivity contribution is 6.31. The molecule has 0 saturated carbocycles. The molecule has 5 heteroatoms. The van der Waals surface area contributed by atoms with E-state index in [9.17, 15) is 14.0 Å². The van der Waals surface area contributed by atoms with Crippen LogP contribution in [0.4, 0.5) is 4.39 Å². The van der Waals surface area contributed by atoms with Gasteiger partial charge in [0.15, 0.2) is 5.78 Å². The van der Waals surface area contributed by atoms with Gasteiger partial charge >= 0.3 is 5.97 Å². The van der Waals surface area contributed by atoms with Crippen LogP contribution in [0.2, 0.25) is 5.02 Å². The molecule has 0 fully saturated rings. The molecule has 0 aliphatic heterocycles. The van der Waals surface area contributed by atoms with Gasteiger partial charge in [0.1, 0.15) is 5.82 Å². The number of hydrogen-bond donors (Lipinski definition) is 0. The summed E-state index contributed by atoms with van der Waals surface area (Å²) < 4.78 is 17.2. The summed E-state index contributed by atoms with van der Waals surface area (Å²) in [6.45, 7) is 0. The zero-order valence-electron chi connectivity index (χ0n) is 8.63. The minimum atomic E-state index is -0.578. The van der Waals surface area contributed by atoms with Crippen LogP contribution in [0.3, 0.4) is 0 Å². The molecule has 1 aromatic rings. The average molecular weight is 245 g/mol. The van der Waals surface area contributed by atoms with Crippen LogP contribution >= 0.6 is 11.6 Å². The molecule has 3 nitrogen and oxygen atoms in total. The van der Waals surface area contributed by atoms with Gasteiger partial charge in [0.2, 0.25) is 0 Å². The van der Waals surface area contributed by atoms with E-state index >= 15 is 0 Å².